The minimum absolute atomic E-state index is 0.0491. The number of anilines is 1. The van der Waals surface area contributed by atoms with Gasteiger partial charge in [-0.05, 0) is 44.5 Å². The molecule has 1 aromatic carbocycles. The maximum atomic E-state index is 12.5. The first-order valence-corrected chi connectivity index (χ1v) is 9.32. The number of rotatable bonds is 6. The third-order valence-corrected chi connectivity index (χ3v) is 5.56. The van der Waals surface area contributed by atoms with Crippen molar-refractivity contribution in [3.05, 3.63) is 24.3 Å². The van der Waals surface area contributed by atoms with E-state index in [1.54, 1.807) is 17.0 Å². The first-order valence-electron chi connectivity index (χ1n) is 7.88. The molecule has 2 rings (SSSR count). The number of nitrogens with one attached hydrogen (secondary N) is 1. The van der Waals surface area contributed by atoms with Gasteiger partial charge in [0.1, 0.15) is 0 Å². The summed E-state index contributed by atoms with van der Waals surface area (Å²) < 4.78 is 26.0. The van der Waals surface area contributed by atoms with E-state index in [9.17, 15) is 18.0 Å². The summed E-state index contributed by atoms with van der Waals surface area (Å²) in [4.78, 5) is 25.2. The highest BCUT2D eigenvalue weighted by molar-refractivity contribution is 7.89. The minimum atomic E-state index is -3.75. The van der Waals surface area contributed by atoms with Crippen LogP contribution in [-0.2, 0) is 19.6 Å². The largest absolute Gasteiger partial charge is 0.353 e. The highest BCUT2D eigenvalue weighted by atomic mass is 32.2. The van der Waals surface area contributed by atoms with Crippen molar-refractivity contribution in [2.75, 3.05) is 25.0 Å². The van der Waals surface area contributed by atoms with Crippen LogP contribution in [-0.4, -0.2) is 50.7 Å². The number of likely N-dealkylation sites (N-methyl/N-ethyl adjacent to an activating group) is 1. The number of sulfonamides is 1. The molecule has 132 valence electrons. The normalized spacial score (nSPS) is 15.4. The van der Waals surface area contributed by atoms with Crippen LogP contribution < -0.4 is 10.2 Å². The lowest BCUT2D eigenvalue weighted by Gasteiger charge is -2.19. The Morgan fingerprint density at radius 1 is 1.29 bits per heavy atom. The molecule has 2 amide bonds. The molecule has 1 N–H and O–H groups in total. The zero-order valence-electron chi connectivity index (χ0n) is 14.2. The van der Waals surface area contributed by atoms with Crippen molar-refractivity contribution in [2.24, 2.45) is 0 Å². The van der Waals surface area contributed by atoms with Gasteiger partial charge in [0.15, 0.2) is 0 Å². The number of hydrogen-bond acceptors (Lipinski definition) is 4. The van der Waals surface area contributed by atoms with Crippen molar-refractivity contribution in [3.8, 4) is 0 Å². The highest BCUT2D eigenvalue weighted by Crippen LogP contribution is 2.24. The molecule has 1 saturated heterocycles. The molecule has 0 radical (unpaired) electrons. The van der Waals surface area contributed by atoms with Gasteiger partial charge in [-0.1, -0.05) is 0 Å². The monoisotopic (exact) mass is 353 g/mol. The SMILES string of the molecule is CC(C)NC(=O)CN(C)S(=O)(=O)c1ccc(N2CCCC2=O)cc1. The summed E-state index contributed by atoms with van der Waals surface area (Å²) in [5, 5.41) is 2.66. The summed E-state index contributed by atoms with van der Waals surface area (Å²) in [5.74, 6) is -0.302. The minimum Gasteiger partial charge on any atom is -0.353 e. The van der Waals surface area contributed by atoms with Crippen molar-refractivity contribution in [1.29, 1.82) is 0 Å². The molecule has 1 fully saturated rings. The van der Waals surface area contributed by atoms with Gasteiger partial charge in [-0.2, -0.15) is 4.31 Å². The maximum absolute atomic E-state index is 12.5. The number of hydrogen-bond donors (Lipinski definition) is 1. The number of benzene rings is 1. The Hall–Kier alpha value is -1.93. The highest BCUT2D eigenvalue weighted by Gasteiger charge is 2.25. The van der Waals surface area contributed by atoms with Gasteiger partial charge in [0.2, 0.25) is 21.8 Å². The average Bonchev–Trinajstić information content (AvgIpc) is 2.92. The maximum Gasteiger partial charge on any atom is 0.243 e. The van der Waals surface area contributed by atoms with Gasteiger partial charge in [0.25, 0.3) is 0 Å². The number of nitrogens with zero attached hydrogens (tertiary/aromatic N) is 2. The van der Waals surface area contributed by atoms with Crippen LogP contribution in [0.1, 0.15) is 26.7 Å². The van der Waals surface area contributed by atoms with E-state index < -0.39 is 10.0 Å². The molecule has 1 aromatic rings. The molecule has 0 spiro atoms. The standard InChI is InChI=1S/C16H23N3O4S/c1-12(2)17-15(20)11-18(3)24(22,23)14-8-6-13(7-9-14)19-10-4-5-16(19)21/h6-9,12H,4-5,10-11H2,1-3H3,(H,17,20). The number of amides is 2. The summed E-state index contributed by atoms with van der Waals surface area (Å²) in [6.45, 7) is 4.03. The summed E-state index contributed by atoms with van der Waals surface area (Å²) in [7, 11) is -2.39. The van der Waals surface area contributed by atoms with E-state index in [2.05, 4.69) is 5.32 Å². The predicted octanol–water partition coefficient (Wildman–Crippen LogP) is 0.958. The molecule has 0 bridgehead atoms. The Bertz CT molecular complexity index is 713. The molecule has 1 heterocycles. The molecular weight excluding hydrogens is 330 g/mol. The first-order chi connectivity index (χ1) is 11.2. The zero-order chi connectivity index (χ0) is 17.9. The number of carbonyl (C=O) groups is 2. The van der Waals surface area contributed by atoms with Crippen molar-refractivity contribution in [2.45, 2.75) is 37.6 Å². The fourth-order valence-corrected chi connectivity index (χ4v) is 3.68. The van der Waals surface area contributed by atoms with Gasteiger partial charge in [0, 0.05) is 31.7 Å². The summed E-state index contributed by atoms with van der Waals surface area (Å²) in [6, 6.07) is 6.13. The van der Waals surface area contributed by atoms with Crippen LogP contribution in [0.15, 0.2) is 29.2 Å². The zero-order valence-corrected chi connectivity index (χ0v) is 15.0. The molecule has 8 heteroatoms. The van der Waals surface area contributed by atoms with Crippen LogP contribution in [0, 0.1) is 0 Å². The van der Waals surface area contributed by atoms with Crippen LogP contribution in [0.3, 0.4) is 0 Å². The van der Waals surface area contributed by atoms with Gasteiger partial charge >= 0.3 is 0 Å². The Kier molecular flexibility index (Phi) is 5.61. The van der Waals surface area contributed by atoms with E-state index in [-0.39, 0.29) is 29.3 Å². The van der Waals surface area contributed by atoms with Gasteiger partial charge in [0.05, 0.1) is 11.4 Å². The predicted molar refractivity (Wildman–Crippen MR) is 91.1 cm³/mol. The average molecular weight is 353 g/mol. The molecule has 0 aliphatic carbocycles. The van der Waals surface area contributed by atoms with Gasteiger partial charge in [-0.15, -0.1) is 0 Å². The van der Waals surface area contributed by atoms with E-state index >= 15 is 0 Å². The van der Waals surface area contributed by atoms with E-state index in [4.69, 9.17) is 0 Å². The first kappa shape index (κ1) is 18.4. The fourth-order valence-electron chi connectivity index (χ4n) is 2.55. The van der Waals surface area contributed by atoms with Crippen LogP contribution >= 0.6 is 0 Å². The summed E-state index contributed by atoms with van der Waals surface area (Å²) in [6.07, 6.45) is 1.33. The van der Waals surface area contributed by atoms with Crippen LogP contribution in [0.25, 0.3) is 0 Å². The summed E-state index contributed by atoms with van der Waals surface area (Å²) >= 11 is 0. The van der Waals surface area contributed by atoms with E-state index in [1.807, 2.05) is 13.8 Å². The van der Waals surface area contributed by atoms with Gasteiger partial charge < -0.3 is 10.2 Å². The van der Waals surface area contributed by atoms with E-state index in [0.717, 1.165) is 10.7 Å². The molecular formula is C16H23N3O4S. The van der Waals surface area contributed by atoms with E-state index in [0.29, 0.717) is 18.7 Å². The second-order valence-electron chi connectivity index (χ2n) is 6.13. The Balaban J connectivity index is 2.11. The summed E-state index contributed by atoms with van der Waals surface area (Å²) in [5.41, 5.74) is 0.691. The van der Waals surface area contributed by atoms with Crippen molar-refractivity contribution < 1.29 is 18.0 Å². The third-order valence-electron chi connectivity index (χ3n) is 3.75. The molecule has 0 saturated carbocycles. The quantitative estimate of drug-likeness (QED) is 0.825. The van der Waals surface area contributed by atoms with Crippen molar-refractivity contribution in [3.63, 3.8) is 0 Å². The third kappa shape index (κ3) is 4.12. The van der Waals surface area contributed by atoms with Crippen molar-refractivity contribution >= 4 is 27.5 Å². The molecule has 1 aliphatic rings. The second-order valence-corrected chi connectivity index (χ2v) is 8.17. The molecule has 1 aliphatic heterocycles. The van der Waals surface area contributed by atoms with Crippen molar-refractivity contribution in [1.82, 2.24) is 9.62 Å². The van der Waals surface area contributed by atoms with Gasteiger partial charge in [-0.3, -0.25) is 9.59 Å². The topological polar surface area (TPSA) is 86.8 Å². The Morgan fingerprint density at radius 3 is 2.42 bits per heavy atom. The van der Waals surface area contributed by atoms with Crippen LogP contribution in [0.5, 0.6) is 0 Å². The molecule has 0 atom stereocenters. The number of carbonyl (C=O) groups excluding carboxylic acids is 2. The lowest BCUT2D eigenvalue weighted by molar-refractivity contribution is -0.121. The Labute approximate surface area is 142 Å². The molecule has 0 aromatic heterocycles. The lowest BCUT2D eigenvalue weighted by atomic mass is 10.3. The second kappa shape index (κ2) is 7.31. The van der Waals surface area contributed by atoms with Gasteiger partial charge in [-0.25, -0.2) is 8.42 Å². The molecule has 24 heavy (non-hydrogen) atoms. The molecule has 7 nitrogen and oxygen atoms in total. The fraction of sp³-hybridized carbons (Fsp3) is 0.500. The Morgan fingerprint density at radius 2 is 1.92 bits per heavy atom. The van der Waals surface area contributed by atoms with Crippen LogP contribution in [0.2, 0.25) is 0 Å². The van der Waals surface area contributed by atoms with E-state index in [1.165, 1.54) is 19.2 Å². The van der Waals surface area contributed by atoms with Crippen LogP contribution in [0.4, 0.5) is 5.69 Å². The smallest absolute Gasteiger partial charge is 0.243 e. The molecule has 0 unspecified atom stereocenters. The lowest BCUT2D eigenvalue weighted by Crippen LogP contribution is -2.40.